The van der Waals surface area contributed by atoms with Gasteiger partial charge in [-0.25, -0.2) is 9.36 Å². The summed E-state index contributed by atoms with van der Waals surface area (Å²) in [5, 5.41) is 8.98. The number of rotatable bonds is 5. The first-order chi connectivity index (χ1) is 11.0. The topological polar surface area (TPSA) is 101 Å². The van der Waals surface area contributed by atoms with Gasteiger partial charge in [-0.3, -0.25) is 14.2 Å². The van der Waals surface area contributed by atoms with Crippen molar-refractivity contribution in [3.8, 4) is 6.07 Å². The van der Waals surface area contributed by atoms with Gasteiger partial charge in [0.2, 0.25) is 5.91 Å². The largest absolute Gasteiger partial charge is 0.467 e. The zero-order valence-electron chi connectivity index (χ0n) is 12.9. The molecule has 0 aliphatic heterocycles. The van der Waals surface area contributed by atoms with E-state index >= 15 is 0 Å². The molecule has 0 saturated carbocycles. The van der Waals surface area contributed by atoms with Gasteiger partial charge in [-0.2, -0.15) is 5.26 Å². The van der Waals surface area contributed by atoms with Crippen LogP contribution in [0.25, 0.3) is 0 Å². The van der Waals surface area contributed by atoms with Gasteiger partial charge in [0.25, 0.3) is 5.56 Å². The van der Waals surface area contributed by atoms with Gasteiger partial charge in [0.05, 0.1) is 12.8 Å². The van der Waals surface area contributed by atoms with Crippen LogP contribution in [0.15, 0.2) is 38.6 Å². The third kappa shape index (κ3) is 3.40. The second-order valence-electron chi connectivity index (χ2n) is 4.94. The molecule has 8 heteroatoms. The van der Waals surface area contributed by atoms with Gasteiger partial charge in [0.15, 0.2) is 0 Å². The third-order valence-corrected chi connectivity index (χ3v) is 3.39. The number of carbonyl (C=O) groups is 1. The SMILES string of the molecule is CCn1cc(C#N)c(=O)n(CC(=O)N(C)Cc2ccco2)c1=O. The summed E-state index contributed by atoms with van der Waals surface area (Å²) in [5.74, 6) is 0.156. The monoisotopic (exact) mass is 316 g/mol. The molecule has 0 radical (unpaired) electrons. The molecule has 120 valence electrons. The Labute approximate surface area is 131 Å². The fourth-order valence-electron chi connectivity index (χ4n) is 2.08. The number of hydrogen-bond donors (Lipinski definition) is 0. The first kappa shape index (κ1) is 16.3. The van der Waals surface area contributed by atoms with E-state index in [4.69, 9.17) is 9.68 Å². The summed E-state index contributed by atoms with van der Waals surface area (Å²) in [5.41, 5.74) is -1.55. The number of aromatic nitrogens is 2. The van der Waals surface area contributed by atoms with E-state index in [2.05, 4.69) is 0 Å². The Morgan fingerprint density at radius 1 is 1.43 bits per heavy atom. The zero-order valence-corrected chi connectivity index (χ0v) is 12.9. The number of likely N-dealkylation sites (N-methyl/N-ethyl adjacent to an activating group) is 1. The molecule has 0 saturated heterocycles. The Morgan fingerprint density at radius 2 is 2.17 bits per heavy atom. The van der Waals surface area contributed by atoms with E-state index in [9.17, 15) is 14.4 Å². The highest BCUT2D eigenvalue weighted by Crippen LogP contribution is 2.04. The van der Waals surface area contributed by atoms with E-state index in [-0.39, 0.29) is 12.1 Å². The lowest BCUT2D eigenvalue weighted by molar-refractivity contribution is -0.131. The molecule has 0 N–H and O–H groups in total. The van der Waals surface area contributed by atoms with E-state index in [1.165, 1.54) is 21.9 Å². The van der Waals surface area contributed by atoms with Crippen LogP contribution < -0.4 is 11.2 Å². The molecule has 0 spiro atoms. The average Bonchev–Trinajstić information content (AvgIpc) is 3.04. The van der Waals surface area contributed by atoms with Gasteiger partial charge in [-0.05, 0) is 19.1 Å². The Bertz CT molecular complexity index is 855. The number of hydrogen-bond acceptors (Lipinski definition) is 5. The van der Waals surface area contributed by atoms with Crippen molar-refractivity contribution in [2.45, 2.75) is 26.6 Å². The first-order valence-electron chi connectivity index (χ1n) is 6.98. The predicted octanol–water partition coefficient (Wildman–Crippen LogP) is 0.153. The summed E-state index contributed by atoms with van der Waals surface area (Å²) >= 11 is 0. The fourth-order valence-corrected chi connectivity index (χ4v) is 2.08. The van der Waals surface area contributed by atoms with Gasteiger partial charge in [0, 0.05) is 19.8 Å². The van der Waals surface area contributed by atoms with Gasteiger partial charge in [0.1, 0.15) is 23.9 Å². The highest BCUT2D eigenvalue weighted by atomic mass is 16.3. The van der Waals surface area contributed by atoms with Crippen molar-refractivity contribution in [3.05, 3.63) is 56.8 Å². The van der Waals surface area contributed by atoms with Crippen LogP contribution in [0.2, 0.25) is 0 Å². The predicted molar refractivity (Wildman–Crippen MR) is 80.5 cm³/mol. The zero-order chi connectivity index (χ0) is 17.0. The molecular formula is C15H16N4O4. The van der Waals surface area contributed by atoms with Crippen LogP contribution in [0.4, 0.5) is 0 Å². The van der Waals surface area contributed by atoms with E-state index in [0.717, 1.165) is 4.57 Å². The number of nitriles is 1. The molecule has 0 atom stereocenters. The normalized spacial score (nSPS) is 10.3. The van der Waals surface area contributed by atoms with Gasteiger partial charge >= 0.3 is 5.69 Å². The van der Waals surface area contributed by atoms with Crippen molar-refractivity contribution < 1.29 is 9.21 Å². The fraction of sp³-hybridized carbons (Fsp3) is 0.333. The van der Waals surface area contributed by atoms with Gasteiger partial charge in [-0.1, -0.05) is 0 Å². The highest BCUT2D eigenvalue weighted by Gasteiger charge is 2.17. The average molecular weight is 316 g/mol. The smallest absolute Gasteiger partial charge is 0.331 e. The molecule has 1 amide bonds. The molecule has 0 fully saturated rings. The van der Waals surface area contributed by atoms with Crippen LogP contribution in [0.5, 0.6) is 0 Å². The van der Waals surface area contributed by atoms with Crippen molar-refractivity contribution in [2.24, 2.45) is 0 Å². The van der Waals surface area contributed by atoms with Crippen molar-refractivity contribution in [1.82, 2.24) is 14.0 Å². The van der Waals surface area contributed by atoms with Crippen molar-refractivity contribution in [1.29, 1.82) is 5.26 Å². The molecule has 0 unspecified atom stereocenters. The summed E-state index contributed by atoms with van der Waals surface area (Å²) in [6, 6.07) is 5.16. The molecule has 23 heavy (non-hydrogen) atoms. The first-order valence-corrected chi connectivity index (χ1v) is 6.98. The summed E-state index contributed by atoms with van der Waals surface area (Å²) in [4.78, 5) is 37.9. The molecule has 0 aliphatic carbocycles. The molecule has 0 bridgehead atoms. The van der Waals surface area contributed by atoms with Crippen molar-refractivity contribution >= 4 is 5.91 Å². The molecule has 0 aliphatic rings. The van der Waals surface area contributed by atoms with Crippen molar-refractivity contribution in [2.75, 3.05) is 7.05 Å². The van der Waals surface area contributed by atoms with Crippen LogP contribution in [-0.4, -0.2) is 27.0 Å². The van der Waals surface area contributed by atoms with Crippen LogP contribution in [0.1, 0.15) is 18.2 Å². The van der Waals surface area contributed by atoms with Crippen LogP contribution in [0.3, 0.4) is 0 Å². The number of nitrogens with zero attached hydrogens (tertiary/aromatic N) is 4. The Hall–Kier alpha value is -3.08. The lowest BCUT2D eigenvalue weighted by Crippen LogP contribution is -2.44. The quantitative estimate of drug-likeness (QED) is 0.781. The Balaban J connectivity index is 2.29. The molecular weight excluding hydrogens is 300 g/mol. The second-order valence-corrected chi connectivity index (χ2v) is 4.94. The molecule has 2 heterocycles. The minimum Gasteiger partial charge on any atom is -0.467 e. The molecule has 2 rings (SSSR count). The number of carbonyl (C=O) groups excluding carboxylic acids is 1. The maximum atomic E-state index is 12.2. The minimum atomic E-state index is -0.762. The molecule has 2 aromatic rings. The van der Waals surface area contributed by atoms with Crippen LogP contribution >= 0.6 is 0 Å². The lowest BCUT2D eigenvalue weighted by atomic mass is 10.3. The maximum Gasteiger partial charge on any atom is 0.331 e. The highest BCUT2D eigenvalue weighted by molar-refractivity contribution is 5.75. The van der Waals surface area contributed by atoms with Gasteiger partial charge in [-0.15, -0.1) is 0 Å². The van der Waals surface area contributed by atoms with E-state index in [1.54, 1.807) is 32.2 Å². The van der Waals surface area contributed by atoms with Crippen molar-refractivity contribution in [3.63, 3.8) is 0 Å². The Morgan fingerprint density at radius 3 is 2.74 bits per heavy atom. The summed E-state index contributed by atoms with van der Waals surface area (Å²) in [6.45, 7) is 1.80. The van der Waals surface area contributed by atoms with E-state index in [1.807, 2.05) is 0 Å². The lowest BCUT2D eigenvalue weighted by Gasteiger charge is -2.16. The summed E-state index contributed by atoms with van der Waals surface area (Å²) in [6.07, 6.45) is 2.70. The Kier molecular flexibility index (Phi) is 4.81. The van der Waals surface area contributed by atoms with E-state index in [0.29, 0.717) is 12.3 Å². The maximum absolute atomic E-state index is 12.2. The third-order valence-electron chi connectivity index (χ3n) is 3.39. The van der Waals surface area contributed by atoms with Crippen LogP contribution in [0, 0.1) is 11.3 Å². The molecule has 8 nitrogen and oxygen atoms in total. The number of aryl methyl sites for hydroxylation is 1. The molecule has 0 aromatic carbocycles. The van der Waals surface area contributed by atoms with Crippen LogP contribution in [-0.2, 0) is 24.4 Å². The van der Waals surface area contributed by atoms with Gasteiger partial charge < -0.3 is 9.32 Å². The number of furan rings is 1. The second kappa shape index (κ2) is 6.79. The summed E-state index contributed by atoms with van der Waals surface area (Å²) < 4.78 is 7.16. The standard InChI is InChI=1S/C15H16N4O4/c1-3-18-8-11(7-16)14(21)19(15(18)22)10-13(20)17(2)9-12-5-4-6-23-12/h4-6,8H,3,9-10H2,1-2H3. The molecule has 2 aromatic heterocycles. The van der Waals surface area contributed by atoms with E-state index < -0.39 is 23.7 Å². The summed E-state index contributed by atoms with van der Waals surface area (Å²) in [7, 11) is 1.54. The minimum absolute atomic E-state index is 0.173. The number of amides is 1.